The molecule has 0 atom stereocenters. The van der Waals surface area contributed by atoms with E-state index in [1.807, 2.05) is 0 Å². The Balaban J connectivity index is 2.49. The van der Waals surface area contributed by atoms with Crippen LogP contribution in [0.2, 0.25) is 0 Å². The fourth-order valence-corrected chi connectivity index (χ4v) is 3.28. The van der Waals surface area contributed by atoms with Crippen LogP contribution in [0.5, 0.6) is 0 Å². The molecule has 0 spiro atoms. The van der Waals surface area contributed by atoms with Gasteiger partial charge in [0.05, 0.1) is 0 Å². The molecule has 1 rings (SSSR count). The van der Waals surface area contributed by atoms with Gasteiger partial charge in [0.1, 0.15) is 0 Å². The van der Waals surface area contributed by atoms with E-state index in [9.17, 15) is 0 Å². The first-order valence-electron chi connectivity index (χ1n) is 8.29. The number of methoxy groups -OCH3 is 1. The average molecular weight is 284 g/mol. The molecule has 0 aliphatic heterocycles. The Morgan fingerprint density at radius 2 is 1.80 bits per heavy atom. The molecule has 1 aliphatic rings. The van der Waals surface area contributed by atoms with Crippen LogP contribution in [0, 0.1) is 5.41 Å². The second-order valence-corrected chi connectivity index (χ2v) is 7.75. The lowest BCUT2D eigenvalue weighted by Crippen LogP contribution is -2.49. The lowest BCUT2D eigenvalue weighted by Gasteiger charge is -2.42. The van der Waals surface area contributed by atoms with Crippen molar-refractivity contribution in [3.05, 3.63) is 0 Å². The zero-order chi connectivity index (χ0) is 15.1. The Labute approximate surface area is 126 Å². The summed E-state index contributed by atoms with van der Waals surface area (Å²) in [7, 11) is 4.05. The van der Waals surface area contributed by atoms with Gasteiger partial charge in [0, 0.05) is 38.9 Å². The number of ether oxygens (including phenoxy) is 1. The summed E-state index contributed by atoms with van der Waals surface area (Å²) in [6.07, 6.45) is 8.12. The first kappa shape index (κ1) is 17.9. The van der Waals surface area contributed by atoms with Crippen molar-refractivity contribution in [3.8, 4) is 0 Å². The van der Waals surface area contributed by atoms with Crippen LogP contribution in [0.3, 0.4) is 0 Å². The molecule has 0 aromatic carbocycles. The van der Waals surface area contributed by atoms with Crippen LogP contribution in [0.1, 0.15) is 59.3 Å². The number of nitrogens with zero attached hydrogens (tertiary/aromatic N) is 1. The third-order valence-corrected chi connectivity index (χ3v) is 4.40. The summed E-state index contributed by atoms with van der Waals surface area (Å²) in [5.74, 6) is 0. The monoisotopic (exact) mass is 284 g/mol. The minimum atomic E-state index is 0.221. The van der Waals surface area contributed by atoms with Gasteiger partial charge in [0.2, 0.25) is 0 Å². The van der Waals surface area contributed by atoms with Gasteiger partial charge in [-0.15, -0.1) is 0 Å². The lowest BCUT2D eigenvalue weighted by atomic mass is 9.73. The second kappa shape index (κ2) is 8.35. The maximum absolute atomic E-state index is 5.16. The number of nitrogens with one attached hydrogen (secondary N) is 1. The summed E-state index contributed by atoms with van der Waals surface area (Å²) in [5, 5.41) is 3.75. The summed E-state index contributed by atoms with van der Waals surface area (Å²) in [5.41, 5.74) is 0.701. The molecule has 0 aromatic rings. The van der Waals surface area contributed by atoms with Crippen molar-refractivity contribution in [1.29, 1.82) is 0 Å². The summed E-state index contributed by atoms with van der Waals surface area (Å²) < 4.78 is 5.16. The van der Waals surface area contributed by atoms with E-state index >= 15 is 0 Å². The fraction of sp³-hybridized carbons (Fsp3) is 1.00. The topological polar surface area (TPSA) is 24.5 Å². The number of hydrogen-bond donors (Lipinski definition) is 1. The smallest absolute Gasteiger partial charge is 0.0474 e. The summed E-state index contributed by atoms with van der Waals surface area (Å²) in [4.78, 5) is 2.51. The van der Waals surface area contributed by atoms with Crippen molar-refractivity contribution < 1.29 is 4.74 Å². The summed E-state index contributed by atoms with van der Waals surface area (Å²) in [6.45, 7) is 11.2. The molecule has 0 bridgehead atoms. The molecule has 0 saturated heterocycles. The molecule has 1 fully saturated rings. The van der Waals surface area contributed by atoms with Gasteiger partial charge in [-0.1, -0.05) is 19.3 Å². The highest BCUT2D eigenvalue weighted by Crippen LogP contribution is 2.36. The Hall–Kier alpha value is -0.120. The Morgan fingerprint density at radius 3 is 2.35 bits per heavy atom. The van der Waals surface area contributed by atoms with Crippen molar-refractivity contribution in [3.63, 3.8) is 0 Å². The maximum Gasteiger partial charge on any atom is 0.0474 e. The highest BCUT2D eigenvalue weighted by molar-refractivity contribution is 4.89. The molecular formula is C17H36N2O. The average Bonchev–Trinajstić information content (AvgIpc) is 2.37. The molecular weight excluding hydrogens is 248 g/mol. The van der Waals surface area contributed by atoms with E-state index in [2.05, 4.69) is 38.0 Å². The van der Waals surface area contributed by atoms with E-state index in [0.717, 1.165) is 26.1 Å². The molecule has 0 unspecified atom stereocenters. The molecule has 1 N–H and O–H groups in total. The van der Waals surface area contributed by atoms with E-state index < -0.39 is 0 Å². The highest BCUT2D eigenvalue weighted by Gasteiger charge is 2.33. The van der Waals surface area contributed by atoms with Crippen molar-refractivity contribution in [2.45, 2.75) is 64.8 Å². The molecule has 1 saturated carbocycles. The largest absolute Gasteiger partial charge is 0.385 e. The first-order valence-corrected chi connectivity index (χ1v) is 8.29. The molecule has 20 heavy (non-hydrogen) atoms. The van der Waals surface area contributed by atoms with Crippen LogP contribution in [0.4, 0.5) is 0 Å². The van der Waals surface area contributed by atoms with E-state index in [1.165, 1.54) is 38.6 Å². The summed E-state index contributed by atoms with van der Waals surface area (Å²) >= 11 is 0. The van der Waals surface area contributed by atoms with Crippen LogP contribution in [0.15, 0.2) is 0 Å². The van der Waals surface area contributed by atoms with Crippen LogP contribution in [-0.4, -0.2) is 50.8 Å². The van der Waals surface area contributed by atoms with E-state index in [4.69, 9.17) is 4.74 Å². The maximum atomic E-state index is 5.16. The third kappa shape index (κ3) is 7.05. The Bertz CT molecular complexity index is 254. The van der Waals surface area contributed by atoms with Gasteiger partial charge in [-0.3, -0.25) is 0 Å². The number of rotatable bonds is 8. The van der Waals surface area contributed by atoms with Gasteiger partial charge in [-0.25, -0.2) is 0 Å². The molecule has 0 radical (unpaired) electrons. The minimum Gasteiger partial charge on any atom is -0.385 e. The molecule has 120 valence electrons. The van der Waals surface area contributed by atoms with Crippen LogP contribution >= 0.6 is 0 Å². The zero-order valence-electron chi connectivity index (χ0n) is 14.4. The molecule has 1 aliphatic carbocycles. The number of hydrogen-bond acceptors (Lipinski definition) is 3. The first-order chi connectivity index (χ1) is 9.37. The molecule has 3 nitrogen and oxygen atoms in total. The second-order valence-electron chi connectivity index (χ2n) is 7.75. The summed E-state index contributed by atoms with van der Waals surface area (Å²) in [6, 6.07) is 0. The molecule has 0 aromatic heterocycles. The highest BCUT2D eigenvalue weighted by atomic mass is 16.5. The Morgan fingerprint density at radius 1 is 1.15 bits per heavy atom. The third-order valence-electron chi connectivity index (χ3n) is 4.40. The minimum absolute atomic E-state index is 0.221. The van der Waals surface area contributed by atoms with Gasteiger partial charge >= 0.3 is 0 Å². The van der Waals surface area contributed by atoms with Gasteiger partial charge in [0.25, 0.3) is 0 Å². The van der Waals surface area contributed by atoms with Crippen LogP contribution in [0.25, 0.3) is 0 Å². The standard InChI is InChI=1S/C17H36N2O/c1-16(2,3)18-14-17(10-7-6-8-11-17)15-19(4)12-9-13-20-5/h18H,6-15H2,1-5H3. The predicted octanol–water partition coefficient (Wildman–Crippen LogP) is 3.29. The quantitative estimate of drug-likeness (QED) is 0.692. The SMILES string of the molecule is COCCCN(C)CC1(CNC(C)(C)C)CCCCC1. The Kier molecular flexibility index (Phi) is 7.49. The molecule has 0 heterocycles. The van der Waals surface area contributed by atoms with Crippen LogP contribution in [-0.2, 0) is 4.74 Å². The molecule has 3 heteroatoms. The fourth-order valence-electron chi connectivity index (χ4n) is 3.28. The van der Waals surface area contributed by atoms with Gasteiger partial charge in [-0.2, -0.15) is 0 Å². The van der Waals surface area contributed by atoms with Crippen molar-refractivity contribution >= 4 is 0 Å². The van der Waals surface area contributed by atoms with Gasteiger partial charge in [0.15, 0.2) is 0 Å². The van der Waals surface area contributed by atoms with E-state index in [0.29, 0.717) is 5.41 Å². The predicted molar refractivity (Wildman–Crippen MR) is 87.3 cm³/mol. The normalized spacial score (nSPS) is 19.5. The molecule has 0 amide bonds. The van der Waals surface area contributed by atoms with E-state index in [1.54, 1.807) is 7.11 Å². The van der Waals surface area contributed by atoms with Crippen molar-refractivity contribution in [2.75, 3.05) is 40.4 Å². The zero-order valence-corrected chi connectivity index (χ0v) is 14.4. The lowest BCUT2D eigenvalue weighted by molar-refractivity contribution is 0.101. The van der Waals surface area contributed by atoms with Crippen molar-refractivity contribution in [1.82, 2.24) is 10.2 Å². The van der Waals surface area contributed by atoms with Crippen molar-refractivity contribution in [2.24, 2.45) is 5.41 Å². The van der Waals surface area contributed by atoms with Gasteiger partial charge < -0.3 is 15.0 Å². The van der Waals surface area contributed by atoms with Crippen LogP contribution < -0.4 is 5.32 Å². The van der Waals surface area contributed by atoms with E-state index in [-0.39, 0.29) is 5.54 Å². The van der Waals surface area contributed by atoms with Gasteiger partial charge in [-0.05, 0) is 52.5 Å².